The SMILES string of the molecule is C=CCO/C(F)=C(\F)c1ccc(-c2ccc(C(F)(F)Oc3ccc(-c4cc(F)c(F)c(F)c4)cc3)c(F)c2)c(F)c1. The van der Waals surface area contributed by atoms with Crippen molar-refractivity contribution in [2.75, 3.05) is 6.61 Å². The van der Waals surface area contributed by atoms with Gasteiger partial charge in [0.25, 0.3) is 0 Å². The first kappa shape index (κ1) is 29.3. The predicted octanol–water partition coefficient (Wildman–Crippen LogP) is 9.61. The molecule has 0 heterocycles. The van der Waals surface area contributed by atoms with Gasteiger partial charge in [0.05, 0.1) is 5.56 Å². The second-order valence-corrected chi connectivity index (χ2v) is 8.47. The van der Waals surface area contributed by atoms with Crippen LogP contribution in [0, 0.1) is 29.1 Å². The molecule has 0 saturated heterocycles. The van der Waals surface area contributed by atoms with Crippen molar-refractivity contribution in [1.82, 2.24) is 0 Å². The van der Waals surface area contributed by atoms with Gasteiger partial charge in [-0.1, -0.05) is 43.0 Å². The van der Waals surface area contributed by atoms with Crippen molar-refractivity contribution in [1.29, 1.82) is 0 Å². The largest absolute Gasteiger partial charge is 0.464 e. The van der Waals surface area contributed by atoms with Crippen LogP contribution in [0.2, 0.25) is 0 Å². The van der Waals surface area contributed by atoms with Gasteiger partial charge in [-0.2, -0.15) is 17.6 Å². The quantitative estimate of drug-likeness (QED) is 0.0850. The van der Waals surface area contributed by atoms with E-state index in [2.05, 4.69) is 16.1 Å². The molecule has 0 bridgehead atoms. The molecule has 0 aliphatic carbocycles. The molecule has 0 fully saturated rings. The van der Waals surface area contributed by atoms with Crippen LogP contribution in [0.3, 0.4) is 0 Å². The summed E-state index contributed by atoms with van der Waals surface area (Å²) in [5.74, 6) is -9.01. The van der Waals surface area contributed by atoms with Crippen LogP contribution in [0.4, 0.5) is 39.5 Å². The molecule has 11 heteroatoms. The van der Waals surface area contributed by atoms with Crippen LogP contribution in [0.1, 0.15) is 11.1 Å². The van der Waals surface area contributed by atoms with Crippen LogP contribution in [0.25, 0.3) is 28.1 Å². The Labute approximate surface area is 227 Å². The summed E-state index contributed by atoms with van der Waals surface area (Å²) in [5.41, 5.74) is -2.07. The number of hydrogen-bond donors (Lipinski definition) is 0. The number of alkyl halides is 2. The van der Waals surface area contributed by atoms with Gasteiger partial charge in [0, 0.05) is 11.1 Å². The van der Waals surface area contributed by atoms with E-state index in [0.29, 0.717) is 18.2 Å². The van der Waals surface area contributed by atoms with Crippen LogP contribution >= 0.6 is 0 Å². The van der Waals surface area contributed by atoms with Gasteiger partial charge in [0.2, 0.25) is 5.83 Å². The molecule has 0 atom stereocenters. The Bertz CT molecular complexity index is 1610. The van der Waals surface area contributed by atoms with Crippen LogP contribution in [-0.4, -0.2) is 6.61 Å². The van der Waals surface area contributed by atoms with E-state index in [1.54, 1.807) is 0 Å². The lowest BCUT2D eigenvalue weighted by molar-refractivity contribution is -0.187. The first-order chi connectivity index (χ1) is 19.4. The van der Waals surface area contributed by atoms with Crippen molar-refractivity contribution in [2.45, 2.75) is 6.11 Å². The highest BCUT2D eigenvalue weighted by molar-refractivity contribution is 5.69. The third-order valence-electron chi connectivity index (χ3n) is 5.73. The van der Waals surface area contributed by atoms with Gasteiger partial charge < -0.3 is 9.47 Å². The first-order valence-corrected chi connectivity index (χ1v) is 11.6. The zero-order valence-corrected chi connectivity index (χ0v) is 20.6. The van der Waals surface area contributed by atoms with Gasteiger partial charge in [-0.25, -0.2) is 22.0 Å². The van der Waals surface area contributed by atoms with E-state index in [0.717, 1.165) is 42.5 Å². The molecular formula is C30H17F9O2. The van der Waals surface area contributed by atoms with Gasteiger partial charge >= 0.3 is 12.1 Å². The molecule has 212 valence electrons. The van der Waals surface area contributed by atoms with E-state index in [1.165, 1.54) is 18.2 Å². The van der Waals surface area contributed by atoms with Gasteiger partial charge in [0.1, 0.15) is 24.0 Å². The van der Waals surface area contributed by atoms with Crippen molar-refractivity contribution >= 4 is 5.83 Å². The molecule has 0 unspecified atom stereocenters. The lowest BCUT2D eigenvalue weighted by atomic mass is 10.0. The molecule has 0 N–H and O–H groups in total. The standard InChI is InChI=1S/C30H17F9O2/c1-2-11-40-29(37)27(35)18-5-9-21(23(31)13-18)17-6-10-22(24(32)12-17)30(38,39)41-20-7-3-16(4-8-20)19-14-25(33)28(36)26(34)15-19/h2-10,12-15H,1,11H2/b29-27-. The number of ether oxygens (including phenoxy) is 2. The number of halogens is 9. The van der Waals surface area contributed by atoms with E-state index < -0.39 is 63.9 Å². The van der Waals surface area contributed by atoms with Crippen LogP contribution < -0.4 is 4.74 Å². The maximum atomic E-state index is 14.8. The van der Waals surface area contributed by atoms with Crippen LogP contribution in [0.5, 0.6) is 5.75 Å². The molecular weight excluding hydrogens is 563 g/mol. The van der Waals surface area contributed by atoms with E-state index in [-0.39, 0.29) is 28.9 Å². The topological polar surface area (TPSA) is 18.5 Å². The van der Waals surface area contributed by atoms with Crippen molar-refractivity contribution < 1.29 is 49.0 Å². The third kappa shape index (κ3) is 6.40. The van der Waals surface area contributed by atoms with Crippen molar-refractivity contribution in [3.8, 4) is 28.0 Å². The zero-order chi connectivity index (χ0) is 29.9. The highest BCUT2D eigenvalue weighted by Crippen LogP contribution is 2.37. The summed E-state index contributed by atoms with van der Waals surface area (Å²) in [6.45, 7) is 2.95. The fourth-order valence-corrected chi connectivity index (χ4v) is 3.75. The minimum Gasteiger partial charge on any atom is -0.464 e. The van der Waals surface area contributed by atoms with Gasteiger partial charge in [-0.05, 0) is 59.2 Å². The van der Waals surface area contributed by atoms with Crippen LogP contribution in [-0.2, 0) is 10.8 Å². The summed E-state index contributed by atoms with van der Waals surface area (Å²) >= 11 is 0. The number of benzene rings is 4. The zero-order valence-electron chi connectivity index (χ0n) is 20.6. The highest BCUT2D eigenvalue weighted by Gasteiger charge is 2.38. The molecule has 4 aromatic carbocycles. The lowest BCUT2D eigenvalue weighted by Crippen LogP contribution is -2.23. The molecule has 41 heavy (non-hydrogen) atoms. The summed E-state index contributed by atoms with van der Waals surface area (Å²) in [5, 5.41) is 0. The van der Waals surface area contributed by atoms with Gasteiger partial charge in [0.15, 0.2) is 17.5 Å². The van der Waals surface area contributed by atoms with E-state index in [4.69, 9.17) is 0 Å². The van der Waals surface area contributed by atoms with E-state index in [9.17, 15) is 39.5 Å². The summed E-state index contributed by atoms with van der Waals surface area (Å²) in [6, 6.07) is 9.17. The molecule has 4 aromatic rings. The average molecular weight is 580 g/mol. The Morgan fingerprint density at radius 1 is 0.707 bits per heavy atom. The Kier molecular flexibility index (Phi) is 8.46. The summed E-state index contributed by atoms with van der Waals surface area (Å²) < 4.78 is 136. The maximum Gasteiger partial charge on any atom is 0.429 e. The van der Waals surface area contributed by atoms with E-state index in [1.807, 2.05) is 0 Å². The Balaban J connectivity index is 1.54. The lowest BCUT2D eigenvalue weighted by Gasteiger charge is -2.19. The van der Waals surface area contributed by atoms with Crippen molar-refractivity contribution in [2.24, 2.45) is 0 Å². The first-order valence-electron chi connectivity index (χ1n) is 11.6. The average Bonchev–Trinajstić information content (AvgIpc) is 2.93. The van der Waals surface area contributed by atoms with Crippen molar-refractivity contribution in [3.05, 3.63) is 132 Å². The predicted molar refractivity (Wildman–Crippen MR) is 133 cm³/mol. The molecule has 2 nitrogen and oxygen atoms in total. The molecule has 0 aliphatic rings. The molecule has 0 aliphatic heterocycles. The number of rotatable bonds is 9. The Hall–Kier alpha value is -4.67. The molecule has 4 rings (SSSR count). The van der Waals surface area contributed by atoms with Crippen LogP contribution in [0.15, 0.2) is 91.5 Å². The summed E-state index contributed by atoms with van der Waals surface area (Å²) in [7, 11) is 0. The molecule has 0 aromatic heterocycles. The monoisotopic (exact) mass is 580 g/mol. The Morgan fingerprint density at radius 2 is 1.32 bits per heavy atom. The molecule has 0 radical (unpaired) electrons. The number of hydrogen-bond acceptors (Lipinski definition) is 2. The minimum atomic E-state index is -4.21. The van der Waals surface area contributed by atoms with Gasteiger partial charge in [-0.3, -0.25) is 0 Å². The highest BCUT2D eigenvalue weighted by atomic mass is 19.3. The fraction of sp³-hybridized carbons (Fsp3) is 0.0667. The van der Waals surface area contributed by atoms with E-state index >= 15 is 0 Å². The summed E-state index contributed by atoms with van der Waals surface area (Å²) in [4.78, 5) is 0. The van der Waals surface area contributed by atoms with Crippen molar-refractivity contribution in [3.63, 3.8) is 0 Å². The smallest absolute Gasteiger partial charge is 0.429 e. The molecule has 0 spiro atoms. The minimum absolute atomic E-state index is 0.0634. The normalized spacial score (nSPS) is 12.1. The third-order valence-corrected chi connectivity index (χ3v) is 5.73. The maximum absolute atomic E-state index is 14.8. The second kappa shape index (κ2) is 11.8. The summed E-state index contributed by atoms with van der Waals surface area (Å²) in [6.07, 6.45) is -3.04. The van der Waals surface area contributed by atoms with Gasteiger partial charge in [-0.15, -0.1) is 0 Å². The second-order valence-electron chi connectivity index (χ2n) is 8.47. The molecule has 0 saturated carbocycles. The fourth-order valence-electron chi connectivity index (χ4n) is 3.75. The molecule has 0 amide bonds. The Morgan fingerprint density at radius 3 is 1.90 bits per heavy atom.